The minimum atomic E-state index is -0.227. The van der Waals surface area contributed by atoms with Gasteiger partial charge in [0.2, 0.25) is 0 Å². The van der Waals surface area contributed by atoms with Crippen molar-refractivity contribution in [1.29, 1.82) is 0 Å². The maximum atomic E-state index is 9.77. The van der Waals surface area contributed by atoms with Crippen LogP contribution in [0, 0.1) is 17.9 Å². The van der Waals surface area contributed by atoms with Gasteiger partial charge >= 0.3 is 0 Å². The van der Waals surface area contributed by atoms with E-state index >= 15 is 0 Å². The number of para-hydroxylation sites is 1. The van der Waals surface area contributed by atoms with Gasteiger partial charge in [-0.2, -0.15) is 0 Å². The summed E-state index contributed by atoms with van der Waals surface area (Å²) in [6, 6.07) is 23.4. The molecule has 4 atom stereocenters. The van der Waals surface area contributed by atoms with Crippen LogP contribution >= 0.6 is 0 Å². The van der Waals surface area contributed by atoms with Crippen LogP contribution in [0.5, 0.6) is 0 Å². The standard InChI is InChI=1S/C15H10N.C10H18O2.Ir/c1-2-6-12(7-3-1)15-11-10-13-8-4-5-9-14(13)16-15;11-8-4-2-1-3-7-5-6-9(12)10(7)8;/h1-6,8-11H;7-12H,1-6H2;/q-1;;. The van der Waals surface area contributed by atoms with Gasteiger partial charge < -0.3 is 10.2 Å². The van der Waals surface area contributed by atoms with Crippen molar-refractivity contribution in [2.24, 2.45) is 11.8 Å². The fourth-order valence-electron chi connectivity index (χ4n) is 4.71. The van der Waals surface area contributed by atoms with Crippen LogP contribution in [0.15, 0.2) is 60.7 Å². The quantitative estimate of drug-likeness (QED) is 0.408. The molecule has 0 bridgehead atoms. The summed E-state index contributed by atoms with van der Waals surface area (Å²) in [6.07, 6.45) is 6.09. The molecule has 1 aromatic heterocycles. The molecular formula is C25H28IrNO2-. The van der Waals surface area contributed by atoms with Crippen molar-refractivity contribution in [3.8, 4) is 11.3 Å². The van der Waals surface area contributed by atoms with Gasteiger partial charge in [-0.25, -0.2) is 0 Å². The molecule has 29 heavy (non-hydrogen) atoms. The number of fused-ring (bicyclic) bond motifs is 2. The molecule has 3 aromatic rings. The van der Waals surface area contributed by atoms with Crippen molar-refractivity contribution in [2.45, 2.75) is 50.7 Å². The maximum absolute atomic E-state index is 9.77. The number of hydrogen-bond acceptors (Lipinski definition) is 3. The summed E-state index contributed by atoms with van der Waals surface area (Å²) < 4.78 is 0. The number of aromatic nitrogens is 1. The molecule has 2 aromatic carbocycles. The van der Waals surface area contributed by atoms with Crippen molar-refractivity contribution in [3.05, 3.63) is 66.7 Å². The molecule has 0 spiro atoms. The van der Waals surface area contributed by atoms with E-state index in [0.717, 1.165) is 42.5 Å². The smallest absolute Gasteiger partial charge is 0.0595 e. The van der Waals surface area contributed by atoms with Crippen molar-refractivity contribution >= 4 is 10.9 Å². The second-order valence-electron chi connectivity index (χ2n) is 8.00. The van der Waals surface area contributed by atoms with Crippen molar-refractivity contribution in [2.75, 3.05) is 0 Å². The van der Waals surface area contributed by atoms with Crippen LogP contribution in [0.2, 0.25) is 0 Å². The largest absolute Gasteiger partial charge is 0.393 e. The Morgan fingerprint density at radius 3 is 2.38 bits per heavy atom. The van der Waals surface area contributed by atoms with E-state index in [1.54, 1.807) is 0 Å². The number of nitrogens with zero attached hydrogens (tertiary/aromatic N) is 1. The molecule has 5 rings (SSSR count). The molecule has 2 N–H and O–H groups in total. The molecule has 0 aliphatic heterocycles. The Kier molecular flexibility index (Phi) is 7.97. The molecule has 3 nitrogen and oxygen atoms in total. The van der Waals surface area contributed by atoms with E-state index in [-0.39, 0.29) is 38.2 Å². The molecule has 1 heterocycles. The minimum absolute atomic E-state index is 0. The normalized spacial score (nSPS) is 25.9. The average Bonchev–Trinajstić information content (AvgIpc) is 3.01. The van der Waals surface area contributed by atoms with E-state index in [0.29, 0.717) is 5.92 Å². The van der Waals surface area contributed by atoms with Gasteiger partial charge in [0.25, 0.3) is 0 Å². The summed E-state index contributed by atoms with van der Waals surface area (Å²) >= 11 is 0. The Labute approximate surface area is 186 Å². The summed E-state index contributed by atoms with van der Waals surface area (Å²) in [5.41, 5.74) is 3.03. The second kappa shape index (κ2) is 10.4. The fourth-order valence-corrected chi connectivity index (χ4v) is 4.71. The molecule has 155 valence electrons. The zero-order valence-electron chi connectivity index (χ0n) is 16.5. The van der Waals surface area contributed by atoms with E-state index in [2.05, 4.69) is 23.2 Å². The van der Waals surface area contributed by atoms with E-state index < -0.39 is 0 Å². The third-order valence-electron chi connectivity index (χ3n) is 6.17. The van der Waals surface area contributed by atoms with Gasteiger partial charge in [-0.15, -0.1) is 35.9 Å². The van der Waals surface area contributed by atoms with E-state index in [1.165, 1.54) is 18.2 Å². The molecule has 1 radical (unpaired) electrons. The first kappa shape index (κ1) is 22.1. The van der Waals surface area contributed by atoms with Crippen molar-refractivity contribution in [1.82, 2.24) is 4.98 Å². The maximum Gasteiger partial charge on any atom is 0.0595 e. The summed E-state index contributed by atoms with van der Waals surface area (Å²) in [5, 5.41) is 20.6. The second-order valence-corrected chi connectivity index (χ2v) is 8.00. The van der Waals surface area contributed by atoms with Gasteiger partial charge in [-0.3, -0.25) is 4.98 Å². The van der Waals surface area contributed by atoms with Crippen LogP contribution < -0.4 is 0 Å². The van der Waals surface area contributed by atoms with Gasteiger partial charge in [0.05, 0.1) is 17.7 Å². The van der Waals surface area contributed by atoms with Crippen LogP contribution in [0.3, 0.4) is 0 Å². The monoisotopic (exact) mass is 567 g/mol. The van der Waals surface area contributed by atoms with E-state index in [4.69, 9.17) is 0 Å². The molecule has 2 fully saturated rings. The Morgan fingerprint density at radius 1 is 0.793 bits per heavy atom. The van der Waals surface area contributed by atoms with Crippen molar-refractivity contribution in [3.63, 3.8) is 0 Å². The first-order valence-electron chi connectivity index (χ1n) is 10.4. The molecule has 2 saturated carbocycles. The molecule has 2 aliphatic rings. The van der Waals surface area contributed by atoms with Crippen LogP contribution in [-0.2, 0) is 20.1 Å². The first-order valence-corrected chi connectivity index (χ1v) is 10.4. The molecule has 4 heteroatoms. The Hall–Kier alpha value is -1.58. The third kappa shape index (κ3) is 5.32. The molecule has 2 aliphatic carbocycles. The SMILES string of the molecule is OC1CCCCC2CCC(O)C12.[Ir].[c-]1ccccc1-c1ccc2ccccc2n1. The van der Waals surface area contributed by atoms with Crippen LogP contribution in [0.1, 0.15) is 38.5 Å². The van der Waals surface area contributed by atoms with Gasteiger partial charge in [0, 0.05) is 26.0 Å². The zero-order chi connectivity index (χ0) is 19.3. The number of hydrogen-bond donors (Lipinski definition) is 2. The number of rotatable bonds is 1. The number of aliphatic hydroxyl groups excluding tert-OH is 2. The molecule has 0 saturated heterocycles. The predicted octanol–water partition coefficient (Wildman–Crippen LogP) is 5.01. The Balaban J connectivity index is 0.000000167. The minimum Gasteiger partial charge on any atom is -0.393 e. The van der Waals surface area contributed by atoms with Gasteiger partial charge in [-0.05, 0) is 48.7 Å². The van der Waals surface area contributed by atoms with E-state index in [9.17, 15) is 10.2 Å². The van der Waals surface area contributed by atoms with Crippen LogP contribution in [0.25, 0.3) is 22.2 Å². The molecule has 0 amide bonds. The zero-order valence-corrected chi connectivity index (χ0v) is 18.9. The summed E-state index contributed by atoms with van der Waals surface area (Å²) in [4.78, 5) is 4.61. The predicted molar refractivity (Wildman–Crippen MR) is 113 cm³/mol. The van der Waals surface area contributed by atoms with Crippen molar-refractivity contribution < 1.29 is 30.3 Å². The fraction of sp³-hybridized carbons (Fsp3) is 0.400. The average molecular weight is 567 g/mol. The molecule has 4 unspecified atom stereocenters. The summed E-state index contributed by atoms with van der Waals surface area (Å²) in [6.45, 7) is 0. The summed E-state index contributed by atoms with van der Waals surface area (Å²) in [7, 11) is 0. The first-order chi connectivity index (χ1) is 13.7. The van der Waals surface area contributed by atoms with E-state index in [1.807, 2.05) is 48.5 Å². The number of aliphatic hydroxyl groups is 2. The van der Waals surface area contributed by atoms with Gasteiger partial charge in [0.1, 0.15) is 0 Å². The van der Waals surface area contributed by atoms with Crippen LogP contribution in [0.4, 0.5) is 0 Å². The Morgan fingerprint density at radius 2 is 1.55 bits per heavy atom. The molecular weight excluding hydrogens is 538 g/mol. The van der Waals surface area contributed by atoms with Gasteiger partial charge in [0.15, 0.2) is 0 Å². The number of pyridine rings is 1. The van der Waals surface area contributed by atoms with Crippen LogP contribution in [-0.4, -0.2) is 27.4 Å². The topological polar surface area (TPSA) is 53.4 Å². The van der Waals surface area contributed by atoms with Gasteiger partial charge in [-0.1, -0.05) is 43.2 Å². The Bertz CT molecular complexity index is 901. The summed E-state index contributed by atoms with van der Waals surface area (Å²) in [5.74, 6) is 0.810. The third-order valence-corrected chi connectivity index (χ3v) is 6.17. The number of benzene rings is 2.